The van der Waals surface area contributed by atoms with Crippen molar-refractivity contribution in [3.8, 4) is 62.4 Å². The molecule has 0 saturated carbocycles. The van der Waals surface area contributed by atoms with Crippen LogP contribution >= 0.6 is 11.3 Å². The van der Waals surface area contributed by atoms with E-state index < -0.39 is 0 Å². The highest BCUT2D eigenvalue weighted by molar-refractivity contribution is 7.25. The maximum Gasteiger partial charge on any atom is 0.235 e. The molecule has 0 aliphatic carbocycles. The Labute approximate surface area is 566 Å². The van der Waals surface area contributed by atoms with Crippen molar-refractivity contribution in [1.82, 2.24) is 33.6 Å². The lowest BCUT2D eigenvalue weighted by Crippen LogP contribution is -2.04. The van der Waals surface area contributed by atoms with Crippen LogP contribution in [-0.2, 0) is 0 Å². The van der Waals surface area contributed by atoms with E-state index >= 15 is 0 Å². The first-order valence-corrected chi connectivity index (χ1v) is 34.0. The normalized spacial score (nSPS) is 11.9. The molecule has 7 nitrogen and oxygen atoms in total. The van der Waals surface area contributed by atoms with Gasteiger partial charge in [-0.3, -0.25) is 9.13 Å². The fraction of sp³-hybridized carbons (Fsp3) is 0. The fourth-order valence-corrected chi connectivity index (χ4v) is 16.2. The highest BCUT2D eigenvalue weighted by Gasteiger charge is 2.23. The molecule has 456 valence electrons. The third-order valence-corrected chi connectivity index (χ3v) is 20.8. The van der Waals surface area contributed by atoms with E-state index in [0.29, 0.717) is 11.9 Å². The Hall–Kier alpha value is -12.9. The molecule has 98 heavy (non-hydrogen) atoms. The zero-order valence-electron chi connectivity index (χ0n) is 52.8. The Bertz CT molecular complexity index is 6800. The average molecular weight is 1270 g/mol. The number of para-hydroxylation sites is 4. The van der Waals surface area contributed by atoms with Gasteiger partial charge in [0.25, 0.3) is 0 Å². The first-order chi connectivity index (χ1) is 48.6. The van der Waals surface area contributed by atoms with Crippen LogP contribution in [0, 0.1) is 0 Å². The topological polar surface area (TPSA) is 66.3 Å². The zero-order valence-corrected chi connectivity index (χ0v) is 53.6. The van der Waals surface area contributed by atoms with Gasteiger partial charge < -0.3 is 4.57 Å². The Morgan fingerprint density at radius 3 is 1.10 bits per heavy atom. The van der Waals surface area contributed by atoms with Crippen LogP contribution < -0.4 is 0 Å². The van der Waals surface area contributed by atoms with Gasteiger partial charge in [-0.15, -0.1) is 11.3 Å². The number of fused-ring (bicyclic) bond motifs is 16. The van der Waals surface area contributed by atoms with Gasteiger partial charge in [0.2, 0.25) is 11.9 Å². The molecule has 6 heterocycles. The molecule has 0 aliphatic heterocycles. The summed E-state index contributed by atoms with van der Waals surface area (Å²) in [5.41, 5.74) is 18.2. The van der Waals surface area contributed by atoms with Crippen LogP contribution in [0.5, 0.6) is 0 Å². The smallest absolute Gasteiger partial charge is 0.235 e. The summed E-state index contributed by atoms with van der Waals surface area (Å²) in [5, 5.41) is 16.6. The SMILES string of the molecule is c1ccc(-c2ccc3c(-c4ccc5c(c4)sc4ccccc45)nc(-n4c5ccccc5c5cc6ccccc6cc54)nc3c2)cc1.c1ccc(-c2ccc3c(-c4ccc5c6ccccc6n(-c6ccccc6)c5c4)nc(-n4c5ccccc5c5cc6ccccc6cc54)nc3c2)cc1. The minimum absolute atomic E-state index is 0.651. The third-order valence-electron chi connectivity index (χ3n) is 19.7. The standard InChI is InChI=1S/C48H30N4.C42H25N3S/c1-3-13-31(14-4-1)34-23-26-40-42(28-34)49-48(52-44-22-12-10-20-38(44)41-27-32-15-7-8-16-33(32)29-46(41)52)50-47(40)35-24-25-39-37-19-9-11-21-43(37)51(45(39)30-35)36-17-5-2-6-18-36;1-2-10-26(11-3-1)29-18-21-34-36(23-29)43-42(44-41(34)30-19-20-33-32-15-7-9-17-39(32)46-40(33)25-30)45-37-16-8-6-14-31(37)35-22-27-12-4-5-13-28(27)24-38(35)45/h1-30H;1-25H. The number of hydrogen-bond donors (Lipinski definition) is 0. The number of benzene rings is 15. The number of nitrogens with zero attached hydrogens (tertiary/aromatic N) is 7. The van der Waals surface area contributed by atoms with Crippen molar-refractivity contribution in [3.63, 3.8) is 0 Å². The van der Waals surface area contributed by atoms with Crippen LogP contribution in [0.1, 0.15) is 0 Å². The second kappa shape index (κ2) is 22.4. The molecular weight excluding hydrogens is 1210 g/mol. The van der Waals surface area contributed by atoms with Gasteiger partial charge in [-0.1, -0.05) is 237 Å². The maximum absolute atomic E-state index is 5.50. The molecule has 21 aromatic rings. The van der Waals surface area contributed by atoms with Crippen LogP contribution in [0.15, 0.2) is 334 Å². The molecule has 8 heteroatoms. The van der Waals surface area contributed by atoms with Crippen LogP contribution in [0.2, 0.25) is 0 Å². The minimum Gasteiger partial charge on any atom is -0.309 e. The maximum atomic E-state index is 5.50. The Morgan fingerprint density at radius 1 is 0.204 bits per heavy atom. The predicted molar refractivity (Wildman–Crippen MR) is 412 cm³/mol. The Balaban J connectivity index is 0.000000134. The van der Waals surface area contributed by atoms with E-state index in [1.54, 1.807) is 0 Å². The molecule has 0 bridgehead atoms. The molecule has 0 spiro atoms. The van der Waals surface area contributed by atoms with Crippen LogP contribution in [0.3, 0.4) is 0 Å². The number of thiophene rings is 1. The van der Waals surface area contributed by atoms with Crippen LogP contribution in [-0.4, -0.2) is 33.6 Å². The van der Waals surface area contributed by atoms with Crippen LogP contribution in [0.25, 0.3) is 191 Å². The van der Waals surface area contributed by atoms with Gasteiger partial charge in [-0.05, 0) is 141 Å². The molecule has 0 fully saturated rings. The largest absolute Gasteiger partial charge is 0.309 e. The fourth-order valence-electron chi connectivity index (χ4n) is 15.1. The summed E-state index contributed by atoms with van der Waals surface area (Å²) < 4.78 is 9.41. The molecule has 15 aromatic carbocycles. The van der Waals surface area contributed by atoms with Crippen molar-refractivity contribution >= 4 is 140 Å². The lowest BCUT2D eigenvalue weighted by atomic mass is 10.0. The third kappa shape index (κ3) is 9.03. The molecule has 0 N–H and O–H groups in total. The molecular formula is C90H55N7S. The molecule has 0 unspecified atom stereocenters. The summed E-state index contributed by atoms with van der Waals surface area (Å²) in [5.74, 6) is 1.32. The molecule has 21 rings (SSSR count). The summed E-state index contributed by atoms with van der Waals surface area (Å²) in [6, 6.07) is 119. The molecule has 6 aromatic heterocycles. The summed E-state index contributed by atoms with van der Waals surface area (Å²) >= 11 is 1.83. The van der Waals surface area contributed by atoms with E-state index in [1.807, 2.05) is 11.3 Å². The lowest BCUT2D eigenvalue weighted by molar-refractivity contribution is 1.01. The van der Waals surface area contributed by atoms with Gasteiger partial charge in [-0.25, -0.2) is 19.9 Å². The van der Waals surface area contributed by atoms with Crippen molar-refractivity contribution in [1.29, 1.82) is 0 Å². The molecule has 0 radical (unpaired) electrons. The number of hydrogen-bond acceptors (Lipinski definition) is 5. The van der Waals surface area contributed by atoms with E-state index in [-0.39, 0.29) is 0 Å². The van der Waals surface area contributed by atoms with Crippen molar-refractivity contribution in [2.75, 3.05) is 0 Å². The van der Waals surface area contributed by atoms with Gasteiger partial charge in [0.15, 0.2) is 0 Å². The lowest BCUT2D eigenvalue weighted by Gasteiger charge is -2.14. The number of aromatic nitrogens is 7. The predicted octanol–water partition coefficient (Wildman–Crippen LogP) is 23.9. The van der Waals surface area contributed by atoms with Crippen molar-refractivity contribution in [2.45, 2.75) is 0 Å². The van der Waals surface area contributed by atoms with E-state index in [1.165, 1.54) is 85.1 Å². The van der Waals surface area contributed by atoms with Gasteiger partial charge in [-0.2, -0.15) is 0 Å². The van der Waals surface area contributed by atoms with Crippen LogP contribution in [0.4, 0.5) is 0 Å². The van der Waals surface area contributed by atoms with Crippen molar-refractivity contribution in [2.24, 2.45) is 0 Å². The highest BCUT2D eigenvalue weighted by atomic mass is 32.1. The highest BCUT2D eigenvalue weighted by Crippen LogP contribution is 2.43. The van der Waals surface area contributed by atoms with E-state index in [2.05, 4.69) is 347 Å². The van der Waals surface area contributed by atoms with Crippen molar-refractivity contribution in [3.05, 3.63) is 334 Å². The molecule has 0 amide bonds. The average Bonchev–Trinajstić information content (AvgIpc) is 1.56. The van der Waals surface area contributed by atoms with E-state index in [4.69, 9.17) is 19.9 Å². The zero-order chi connectivity index (χ0) is 64.4. The van der Waals surface area contributed by atoms with E-state index in [9.17, 15) is 0 Å². The summed E-state index contributed by atoms with van der Waals surface area (Å²) in [4.78, 5) is 21.6. The van der Waals surface area contributed by atoms with Gasteiger partial charge >= 0.3 is 0 Å². The Kier molecular flexibility index (Phi) is 12.7. The first kappa shape index (κ1) is 55.6. The monoisotopic (exact) mass is 1270 g/mol. The first-order valence-electron chi connectivity index (χ1n) is 33.2. The molecule has 0 aliphatic rings. The summed E-state index contributed by atoms with van der Waals surface area (Å²) in [6.45, 7) is 0. The number of rotatable bonds is 7. The quantitative estimate of drug-likeness (QED) is 0.159. The van der Waals surface area contributed by atoms with Gasteiger partial charge in [0.1, 0.15) is 0 Å². The molecule has 0 saturated heterocycles. The molecule has 0 atom stereocenters. The van der Waals surface area contributed by atoms with E-state index in [0.717, 1.165) is 94.3 Å². The second-order valence-electron chi connectivity index (χ2n) is 25.3. The second-order valence-corrected chi connectivity index (χ2v) is 26.4. The summed E-state index contributed by atoms with van der Waals surface area (Å²) in [6.07, 6.45) is 0. The summed E-state index contributed by atoms with van der Waals surface area (Å²) in [7, 11) is 0. The van der Waals surface area contributed by atoms with Gasteiger partial charge in [0, 0.05) is 80.1 Å². The van der Waals surface area contributed by atoms with Gasteiger partial charge in [0.05, 0.1) is 55.5 Å². The van der Waals surface area contributed by atoms with Crippen molar-refractivity contribution < 1.29 is 0 Å². The Morgan fingerprint density at radius 2 is 0.571 bits per heavy atom. The minimum atomic E-state index is 0.651.